The predicted molar refractivity (Wildman–Crippen MR) is 109 cm³/mol. The highest BCUT2D eigenvalue weighted by Crippen LogP contribution is 2.33. The Labute approximate surface area is 162 Å². The zero-order valence-electron chi connectivity index (χ0n) is 14.8. The molecule has 4 aromatic rings. The maximum Gasteiger partial charge on any atom is 0.137 e. The van der Waals surface area contributed by atoms with E-state index >= 15 is 0 Å². The normalized spacial score (nSPS) is 16.4. The minimum atomic E-state index is -0.345. The fourth-order valence-corrected chi connectivity index (χ4v) is 4.00. The quantitative estimate of drug-likeness (QED) is 0.489. The van der Waals surface area contributed by atoms with Crippen LogP contribution >= 0.6 is 11.6 Å². The van der Waals surface area contributed by atoms with E-state index in [1.807, 2.05) is 36.5 Å². The number of aryl methyl sites for hydroxylation is 1. The minimum absolute atomic E-state index is 0.345. The molecule has 0 saturated carbocycles. The van der Waals surface area contributed by atoms with E-state index < -0.39 is 0 Å². The number of pyridine rings is 1. The highest BCUT2D eigenvalue weighted by atomic mass is 35.5. The van der Waals surface area contributed by atoms with E-state index in [9.17, 15) is 5.11 Å². The molecule has 0 bridgehead atoms. The van der Waals surface area contributed by atoms with Crippen molar-refractivity contribution in [2.24, 2.45) is 0 Å². The molecule has 0 radical (unpaired) electrons. The van der Waals surface area contributed by atoms with E-state index in [4.69, 9.17) is 16.6 Å². The maximum atomic E-state index is 10.3. The van der Waals surface area contributed by atoms with Crippen LogP contribution in [0, 0.1) is 0 Å². The lowest BCUT2D eigenvalue weighted by Gasteiger charge is -2.22. The van der Waals surface area contributed by atoms with Gasteiger partial charge in [-0.3, -0.25) is 0 Å². The fourth-order valence-electron chi connectivity index (χ4n) is 3.88. The van der Waals surface area contributed by atoms with Gasteiger partial charge in [0.25, 0.3) is 0 Å². The number of rotatable bonds is 2. The molecule has 1 unspecified atom stereocenters. The molecule has 1 aliphatic rings. The Bertz CT molecular complexity index is 1130. The summed E-state index contributed by atoms with van der Waals surface area (Å²) in [6, 6.07) is 18.3. The number of imidazole rings is 1. The molecule has 4 heteroatoms. The van der Waals surface area contributed by atoms with Gasteiger partial charge in [-0.05, 0) is 71.8 Å². The number of hydrogen-bond donors (Lipinski definition) is 1. The first-order valence-electron chi connectivity index (χ1n) is 9.23. The largest absolute Gasteiger partial charge is 0.388 e. The molecule has 0 amide bonds. The van der Waals surface area contributed by atoms with E-state index in [0.29, 0.717) is 0 Å². The number of halogens is 1. The third-order valence-corrected chi connectivity index (χ3v) is 5.60. The molecule has 0 fully saturated rings. The summed E-state index contributed by atoms with van der Waals surface area (Å²) in [6.45, 7) is 0. The van der Waals surface area contributed by atoms with Crippen molar-refractivity contribution in [1.29, 1.82) is 0 Å². The molecule has 1 atom stereocenters. The SMILES string of the molecule is OC1CCCc2ccc(-c3ccc4nc(-c5ccc(Cl)cc5)cn4c3)cc21. The zero-order chi connectivity index (χ0) is 18.4. The number of benzene rings is 2. The second-order valence-electron chi connectivity index (χ2n) is 7.14. The summed E-state index contributed by atoms with van der Waals surface area (Å²) in [5, 5.41) is 11.1. The van der Waals surface area contributed by atoms with Crippen LogP contribution in [0.2, 0.25) is 5.02 Å². The van der Waals surface area contributed by atoms with Crippen LogP contribution in [0.5, 0.6) is 0 Å². The maximum absolute atomic E-state index is 10.3. The molecule has 0 spiro atoms. The summed E-state index contributed by atoms with van der Waals surface area (Å²) in [5.41, 5.74) is 7.45. The Morgan fingerprint density at radius 2 is 1.70 bits per heavy atom. The summed E-state index contributed by atoms with van der Waals surface area (Å²) in [4.78, 5) is 4.71. The summed E-state index contributed by atoms with van der Waals surface area (Å²) in [7, 11) is 0. The molecule has 134 valence electrons. The average molecular weight is 375 g/mol. The zero-order valence-corrected chi connectivity index (χ0v) is 15.5. The number of hydrogen-bond acceptors (Lipinski definition) is 2. The minimum Gasteiger partial charge on any atom is -0.388 e. The first kappa shape index (κ1) is 16.5. The second-order valence-corrected chi connectivity index (χ2v) is 7.57. The van der Waals surface area contributed by atoms with Crippen LogP contribution < -0.4 is 0 Å². The third kappa shape index (κ3) is 3.03. The molecule has 5 rings (SSSR count). The molecule has 0 saturated heterocycles. The molecule has 2 heterocycles. The molecule has 27 heavy (non-hydrogen) atoms. The molecule has 0 aliphatic heterocycles. The van der Waals surface area contributed by atoms with E-state index in [2.05, 4.69) is 34.9 Å². The van der Waals surface area contributed by atoms with Crippen molar-refractivity contribution >= 4 is 17.2 Å². The standard InChI is InChI=1S/C23H19ClN2O/c24-19-9-6-16(7-10-19)21-14-26-13-18(8-11-23(26)25-21)17-5-4-15-2-1-3-22(27)20(15)12-17/h4-14,22,27H,1-3H2. The van der Waals surface area contributed by atoms with Crippen LogP contribution in [-0.2, 0) is 6.42 Å². The van der Waals surface area contributed by atoms with Crippen molar-refractivity contribution in [3.8, 4) is 22.4 Å². The number of nitrogens with zero attached hydrogens (tertiary/aromatic N) is 2. The van der Waals surface area contributed by atoms with Gasteiger partial charge < -0.3 is 9.51 Å². The summed E-state index contributed by atoms with van der Waals surface area (Å²) < 4.78 is 2.05. The van der Waals surface area contributed by atoms with Gasteiger partial charge in [0.05, 0.1) is 11.8 Å². The van der Waals surface area contributed by atoms with Gasteiger partial charge in [0.15, 0.2) is 0 Å². The van der Waals surface area contributed by atoms with E-state index in [0.717, 1.165) is 57.9 Å². The first-order chi connectivity index (χ1) is 13.2. The lowest BCUT2D eigenvalue weighted by molar-refractivity contribution is 0.156. The van der Waals surface area contributed by atoms with Gasteiger partial charge in [-0.25, -0.2) is 4.98 Å². The van der Waals surface area contributed by atoms with E-state index in [-0.39, 0.29) is 6.10 Å². The van der Waals surface area contributed by atoms with Gasteiger partial charge in [0, 0.05) is 23.0 Å². The van der Waals surface area contributed by atoms with Gasteiger partial charge in [-0.15, -0.1) is 0 Å². The number of fused-ring (bicyclic) bond motifs is 2. The fraction of sp³-hybridized carbons (Fsp3) is 0.174. The Balaban J connectivity index is 1.55. The summed E-state index contributed by atoms with van der Waals surface area (Å²) >= 11 is 5.98. The Kier molecular flexibility index (Phi) is 4.00. The highest BCUT2D eigenvalue weighted by molar-refractivity contribution is 6.30. The molecule has 2 aromatic carbocycles. The lowest BCUT2D eigenvalue weighted by Crippen LogP contribution is -2.09. The van der Waals surface area contributed by atoms with Crippen LogP contribution in [0.1, 0.15) is 30.1 Å². The van der Waals surface area contributed by atoms with Crippen molar-refractivity contribution in [1.82, 2.24) is 9.38 Å². The van der Waals surface area contributed by atoms with Gasteiger partial charge in [-0.1, -0.05) is 35.9 Å². The van der Waals surface area contributed by atoms with Crippen LogP contribution in [-0.4, -0.2) is 14.5 Å². The summed E-state index contributed by atoms with van der Waals surface area (Å²) in [6.07, 6.45) is 6.75. The van der Waals surface area contributed by atoms with Gasteiger partial charge in [-0.2, -0.15) is 0 Å². The van der Waals surface area contributed by atoms with Crippen LogP contribution in [0.4, 0.5) is 0 Å². The number of aromatic nitrogens is 2. The van der Waals surface area contributed by atoms with Gasteiger partial charge in [0.1, 0.15) is 5.65 Å². The van der Waals surface area contributed by atoms with Crippen molar-refractivity contribution < 1.29 is 5.11 Å². The Hall–Kier alpha value is -2.62. The smallest absolute Gasteiger partial charge is 0.137 e. The van der Waals surface area contributed by atoms with Gasteiger partial charge in [0.2, 0.25) is 0 Å². The molecule has 2 aromatic heterocycles. The lowest BCUT2D eigenvalue weighted by atomic mass is 9.87. The number of aliphatic hydroxyl groups is 1. The molecular formula is C23H19ClN2O. The van der Waals surface area contributed by atoms with E-state index in [1.54, 1.807) is 0 Å². The Morgan fingerprint density at radius 3 is 2.56 bits per heavy atom. The van der Waals surface area contributed by atoms with Crippen LogP contribution in [0.3, 0.4) is 0 Å². The van der Waals surface area contributed by atoms with Gasteiger partial charge >= 0.3 is 0 Å². The van der Waals surface area contributed by atoms with Crippen molar-refractivity contribution in [2.75, 3.05) is 0 Å². The van der Waals surface area contributed by atoms with Crippen molar-refractivity contribution in [2.45, 2.75) is 25.4 Å². The summed E-state index contributed by atoms with van der Waals surface area (Å²) in [5.74, 6) is 0. The molecule has 1 N–H and O–H groups in total. The highest BCUT2D eigenvalue weighted by Gasteiger charge is 2.18. The van der Waals surface area contributed by atoms with Crippen molar-refractivity contribution in [3.05, 3.63) is 83.1 Å². The Morgan fingerprint density at radius 1 is 0.926 bits per heavy atom. The average Bonchev–Trinajstić information content (AvgIpc) is 3.12. The van der Waals surface area contributed by atoms with Crippen LogP contribution in [0.25, 0.3) is 28.0 Å². The molecular weight excluding hydrogens is 356 g/mol. The predicted octanol–water partition coefficient (Wildman–Crippen LogP) is 5.69. The molecule has 3 nitrogen and oxygen atoms in total. The first-order valence-corrected chi connectivity index (χ1v) is 9.61. The van der Waals surface area contributed by atoms with E-state index in [1.165, 1.54) is 5.56 Å². The topological polar surface area (TPSA) is 37.5 Å². The molecule has 1 aliphatic carbocycles. The monoisotopic (exact) mass is 374 g/mol. The van der Waals surface area contributed by atoms with Crippen LogP contribution in [0.15, 0.2) is 67.0 Å². The second kappa shape index (κ2) is 6.52. The number of aliphatic hydroxyl groups excluding tert-OH is 1. The van der Waals surface area contributed by atoms with Crippen molar-refractivity contribution in [3.63, 3.8) is 0 Å². The third-order valence-electron chi connectivity index (χ3n) is 5.35.